The number of hydrogen-bond acceptors (Lipinski definition) is 5. The molecule has 4 aromatic rings. The van der Waals surface area contributed by atoms with Gasteiger partial charge in [0.25, 0.3) is 0 Å². The first-order valence-electron chi connectivity index (χ1n) is 9.95. The van der Waals surface area contributed by atoms with Crippen molar-refractivity contribution in [2.24, 2.45) is 0 Å². The van der Waals surface area contributed by atoms with E-state index in [1.54, 1.807) is 24.3 Å². The summed E-state index contributed by atoms with van der Waals surface area (Å²) in [6, 6.07) is 21.3. The molecule has 0 aliphatic rings. The fraction of sp³-hybridized carbons (Fsp3) is 0.0833. The number of carbonyl (C=O) groups is 2. The van der Waals surface area contributed by atoms with Gasteiger partial charge in [-0.05, 0) is 67.6 Å². The van der Waals surface area contributed by atoms with Crippen LogP contribution in [0.5, 0.6) is 0 Å². The lowest BCUT2D eigenvalue weighted by Gasteiger charge is -2.11. The summed E-state index contributed by atoms with van der Waals surface area (Å²) in [5.74, 6) is -0.515. The molecule has 0 aliphatic heterocycles. The van der Waals surface area contributed by atoms with Gasteiger partial charge >= 0.3 is 5.97 Å². The lowest BCUT2D eigenvalue weighted by molar-refractivity contribution is -0.113. The standard InChI is InChI=1S/C24H19ClN4O3S/c1-15-2-12-20(13-3-15)29-22(16-4-8-18(25)9-5-16)27-28-24(29)33-14-21(30)26-19-10-6-17(7-11-19)23(31)32/h2-13H,14H2,1H3,(H,26,30)(H,31,32). The molecule has 0 fully saturated rings. The van der Waals surface area contributed by atoms with Crippen LogP contribution < -0.4 is 5.32 Å². The first-order chi connectivity index (χ1) is 15.9. The quantitative estimate of drug-likeness (QED) is 0.349. The Bertz CT molecular complexity index is 1290. The number of anilines is 1. The average molecular weight is 479 g/mol. The highest BCUT2D eigenvalue weighted by molar-refractivity contribution is 7.99. The van der Waals surface area contributed by atoms with Crippen molar-refractivity contribution in [3.05, 3.63) is 88.9 Å². The van der Waals surface area contributed by atoms with Crippen LogP contribution in [0.4, 0.5) is 5.69 Å². The molecule has 0 unspecified atom stereocenters. The Kier molecular flexibility index (Phi) is 6.76. The summed E-state index contributed by atoms with van der Waals surface area (Å²) < 4.78 is 1.91. The first-order valence-corrected chi connectivity index (χ1v) is 11.3. The molecule has 4 rings (SSSR count). The Morgan fingerprint density at radius 1 is 0.970 bits per heavy atom. The molecule has 166 valence electrons. The molecule has 0 bridgehead atoms. The van der Waals surface area contributed by atoms with E-state index in [-0.39, 0.29) is 17.2 Å². The maximum atomic E-state index is 12.5. The van der Waals surface area contributed by atoms with Crippen molar-refractivity contribution in [2.45, 2.75) is 12.1 Å². The normalized spacial score (nSPS) is 10.7. The minimum absolute atomic E-state index is 0.102. The summed E-state index contributed by atoms with van der Waals surface area (Å²) in [5, 5.41) is 21.6. The van der Waals surface area contributed by atoms with Crippen molar-refractivity contribution in [1.29, 1.82) is 0 Å². The number of thioether (sulfide) groups is 1. The van der Waals surface area contributed by atoms with Crippen molar-refractivity contribution in [3.8, 4) is 17.1 Å². The number of carbonyl (C=O) groups excluding carboxylic acids is 1. The number of carboxylic acid groups (broad SMARTS) is 1. The van der Waals surface area contributed by atoms with E-state index in [4.69, 9.17) is 16.7 Å². The van der Waals surface area contributed by atoms with Gasteiger partial charge in [-0.25, -0.2) is 4.79 Å². The van der Waals surface area contributed by atoms with Crippen LogP contribution in [0.1, 0.15) is 15.9 Å². The molecule has 0 saturated heterocycles. The number of halogens is 1. The van der Waals surface area contributed by atoms with Gasteiger partial charge < -0.3 is 10.4 Å². The Morgan fingerprint density at radius 2 is 1.64 bits per heavy atom. The molecule has 0 spiro atoms. The number of amides is 1. The van der Waals surface area contributed by atoms with Crippen molar-refractivity contribution < 1.29 is 14.7 Å². The van der Waals surface area contributed by atoms with E-state index in [2.05, 4.69) is 15.5 Å². The minimum atomic E-state index is -1.02. The molecule has 0 radical (unpaired) electrons. The molecule has 0 saturated carbocycles. The third kappa shape index (κ3) is 5.42. The highest BCUT2D eigenvalue weighted by atomic mass is 35.5. The van der Waals surface area contributed by atoms with E-state index in [1.807, 2.05) is 47.9 Å². The number of aryl methyl sites for hydroxylation is 1. The second-order valence-corrected chi connectivity index (χ2v) is 8.58. The van der Waals surface area contributed by atoms with E-state index in [0.717, 1.165) is 16.8 Å². The SMILES string of the molecule is Cc1ccc(-n2c(SCC(=O)Nc3ccc(C(=O)O)cc3)nnc2-c2ccc(Cl)cc2)cc1. The molecule has 33 heavy (non-hydrogen) atoms. The molecule has 0 atom stereocenters. The zero-order valence-electron chi connectivity index (χ0n) is 17.5. The second-order valence-electron chi connectivity index (χ2n) is 7.20. The Morgan fingerprint density at radius 3 is 2.27 bits per heavy atom. The van der Waals surface area contributed by atoms with Gasteiger partial charge in [0.1, 0.15) is 0 Å². The summed E-state index contributed by atoms with van der Waals surface area (Å²) in [4.78, 5) is 23.5. The van der Waals surface area contributed by atoms with Gasteiger partial charge in [-0.2, -0.15) is 0 Å². The number of nitrogens with zero attached hydrogens (tertiary/aromatic N) is 3. The van der Waals surface area contributed by atoms with Gasteiger partial charge in [0, 0.05) is 22.0 Å². The second kappa shape index (κ2) is 9.89. The van der Waals surface area contributed by atoms with Crippen LogP contribution in [0.25, 0.3) is 17.1 Å². The summed E-state index contributed by atoms with van der Waals surface area (Å²) in [6.45, 7) is 2.01. The maximum absolute atomic E-state index is 12.5. The van der Waals surface area contributed by atoms with Crippen molar-refractivity contribution in [2.75, 3.05) is 11.1 Å². The molecule has 0 aliphatic carbocycles. The molecule has 3 aromatic carbocycles. The number of hydrogen-bond donors (Lipinski definition) is 2. The van der Waals surface area contributed by atoms with Gasteiger partial charge in [0.05, 0.1) is 11.3 Å². The Balaban J connectivity index is 1.55. The summed E-state index contributed by atoms with van der Waals surface area (Å²) >= 11 is 7.29. The molecule has 1 aromatic heterocycles. The van der Waals surface area contributed by atoms with Crippen molar-refractivity contribution in [3.63, 3.8) is 0 Å². The summed E-state index contributed by atoms with van der Waals surface area (Å²) in [6.07, 6.45) is 0. The number of aromatic carboxylic acids is 1. The molecular weight excluding hydrogens is 460 g/mol. The van der Waals surface area contributed by atoms with Crippen LogP contribution >= 0.6 is 23.4 Å². The zero-order valence-corrected chi connectivity index (χ0v) is 19.1. The van der Waals surface area contributed by atoms with Crippen molar-refractivity contribution in [1.82, 2.24) is 14.8 Å². The Labute approximate surface area is 199 Å². The number of rotatable bonds is 7. The average Bonchev–Trinajstić information content (AvgIpc) is 3.23. The fourth-order valence-corrected chi connectivity index (χ4v) is 3.98. The largest absolute Gasteiger partial charge is 0.478 e. The molecule has 7 nitrogen and oxygen atoms in total. The Hall–Kier alpha value is -3.62. The van der Waals surface area contributed by atoms with Crippen molar-refractivity contribution >= 4 is 40.9 Å². The van der Waals surface area contributed by atoms with E-state index in [1.165, 1.54) is 23.9 Å². The number of nitrogens with one attached hydrogen (secondary N) is 1. The molecule has 9 heteroatoms. The van der Waals surface area contributed by atoms with Crippen LogP contribution in [-0.2, 0) is 4.79 Å². The minimum Gasteiger partial charge on any atom is -0.478 e. The third-order valence-corrected chi connectivity index (χ3v) is 5.96. The first kappa shape index (κ1) is 22.6. The summed E-state index contributed by atoms with van der Waals surface area (Å²) in [7, 11) is 0. The van der Waals surface area contributed by atoms with Gasteiger partial charge in [0.15, 0.2) is 11.0 Å². The van der Waals surface area contributed by atoms with Gasteiger partial charge in [-0.15, -0.1) is 10.2 Å². The van der Waals surface area contributed by atoms with E-state index in [9.17, 15) is 9.59 Å². The maximum Gasteiger partial charge on any atom is 0.335 e. The number of benzene rings is 3. The number of carboxylic acids is 1. The number of aromatic nitrogens is 3. The molecule has 1 amide bonds. The highest BCUT2D eigenvalue weighted by Crippen LogP contribution is 2.29. The molecule has 2 N–H and O–H groups in total. The van der Waals surface area contributed by atoms with Crippen LogP contribution in [0.15, 0.2) is 78.0 Å². The van der Waals surface area contributed by atoms with Crippen LogP contribution in [0, 0.1) is 6.92 Å². The highest BCUT2D eigenvalue weighted by Gasteiger charge is 2.17. The van der Waals surface area contributed by atoms with E-state index in [0.29, 0.717) is 21.7 Å². The van der Waals surface area contributed by atoms with Gasteiger partial charge in [0.2, 0.25) is 5.91 Å². The fourth-order valence-electron chi connectivity index (χ4n) is 3.10. The third-order valence-electron chi connectivity index (χ3n) is 4.78. The smallest absolute Gasteiger partial charge is 0.335 e. The van der Waals surface area contributed by atoms with Crippen LogP contribution in [0.3, 0.4) is 0 Å². The molecule has 1 heterocycles. The summed E-state index contributed by atoms with van der Waals surface area (Å²) in [5.41, 5.74) is 3.53. The monoisotopic (exact) mass is 478 g/mol. The van der Waals surface area contributed by atoms with E-state index < -0.39 is 5.97 Å². The van der Waals surface area contributed by atoms with Gasteiger partial charge in [-0.1, -0.05) is 41.1 Å². The zero-order chi connectivity index (χ0) is 23.4. The van der Waals surface area contributed by atoms with E-state index >= 15 is 0 Å². The van der Waals surface area contributed by atoms with Crippen LogP contribution in [-0.4, -0.2) is 37.5 Å². The lowest BCUT2D eigenvalue weighted by atomic mass is 10.2. The van der Waals surface area contributed by atoms with Gasteiger partial charge in [-0.3, -0.25) is 9.36 Å². The predicted octanol–water partition coefficient (Wildman–Crippen LogP) is 5.33. The topological polar surface area (TPSA) is 97.1 Å². The molecular formula is C24H19ClN4O3S. The van der Waals surface area contributed by atoms with Crippen LogP contribution in [0.2, 0.25) is 5.02 Å². The predicted molar refractivity (Wildman–Crippen MR) is 129 cm³/mol. The lowest BCUT2D eigenvalue weighted by Crippen LogP contribution is -2.14.